The Morgan fingerprint density at radius 2 is 2.19 bits per heavy atom. The minimum absolute atomic E-state index is 0.216. The van der Waals surface area contributed by atoms with Crippen LogP contribution in [0.4, 0.5) is 4.39 Å². The monoisotopic (exact) mass is 284 g/mol. The van der Waals surface area contributed by atoms with Crippen LogP contribution in [-0.2, 0) is 7.05 Å². The zero-order chi connectivity index (χ0) is 11.7. The molecule has 1 heterocycles. The molecule has 16 heavy (non-hydrogen) atoms. The van der Waals surface area contributed by atoms with Gasteiger partial charge in [0, 0.05) is 23.3 Å². The first-order valence-electron chi connectivity index (χ1n) is 4.70. The van der Waals surface area contributed by atoms with Crippen LogP contribution in [-0.4, -0.2) is 14.9 Å². The third kappa shape index (κ3) is 2.15. The van der Waals surface area contributed by atoms with E-state index in [2.05, 4.69) is 21.0 Å². The molecule has 0 saturated carbocycles. The van der Waals surface area contributed by atoms with Crippen molar-refractivity contribution in [3.63, 3.8) is 0 Å². The molecule has 0 saturated heterocycles. The molecule has 0 aliphatic carbocycles. The number of hydrogen-bond donors (Lipinski definition) is 1. The van der Waals surface area contributed by atoms with Gasteiger partial charge >= 0.3 is 0 Å². The van der Waals surface area contributed by atoms with Crippen molar-refractivity contribution in [1.29, 1.82) is 0 Å². The summed E-state index contributed by atoms with van der Waals surface area (Å²) in [6.07, 6.45) is 0.660. The molecule has 2 aromatic rings. The van der Waals surface area contributed by atoms with Gasteiger partial charge in [-0.25, -0.2) is 4.39 Å². The fourth-order valence-corrected chi connectivity index (χ4v) is 1.84. The second kappa shape index (κ2) is 4.35. The van der Waals surface area contributed by atoms with Crippen molar-refractivity contribution >= 4 is 15.9 Å². The van der Waals surface area contributed by atoms with Gasteiger partial charge in [-0.3, -0.25) is 4.68 Å². The molecule has 0 amide bonds. The Labute approximate surface area is 101 Å². The van der Waals surface area contributed by atoms with Gasteiger partial charge in [-0.05, 0) is 24.3 Å². The average molecular weight is 285 g/mol. The van der Waals surface area contributed by atoms with Crippen molar-refractivity contribution in [2.45, 2.75) is 6.10 Å². The zero-order valence-electron chi connectivity index (χ0n) is 8.56. The summed E-state index contributed by atoms with van der Waals surface area (Å²) in [7, 11) is 1.74. The maximum Gasteiger partial charge on any atom is 0.129 e. The maximum absolute atomic E-state index is 13.5. The third-order valence-corrected chi connectivity index (χ3v) is 2.76. The summed E-state index contributed by atoms with van der Waals surface area (Å²) in [6, 6.07) is 6.11. The van der Waals surface area contributed by atoms with E-state index in [1.54, 1.807) is 36.1 Å². The highest BCUT2D eigenvalue weighted by molar-refractivity contribution is 9.10. The Morgan fingerprint density at radius 3 is 2.81 bits per heavy atom. The van der Waals surface area contributed by atoms with Crippen LogP contribution in [0.15, 0.2) is 34.9 Å². The van der Waals surface area contributed by atoms with Crippen molar-refractivity contribution in [2.24, 2.45) is 7.05 Å². The molecular weight excluding hydrogens is 275 g/mol. The van der Waals surface area contributed by atoms with E-state index in [0.717, 1.165) is 4.47 Å². The van der Waals surface area contributed by atoms with Gasteiger partial charge in [0.05, 0.1) is 5.69 Å². The summed E-state index contributed by atoms with van der Waals surface area (Å²) in [4.78, 5) is 0. The number of rotatable bonds is 2. The largest absolute Gasteiger partial charge is 0.382 e. The number of aryl methyl sites for hydroxylation is 1. The van der Waals surface area contributed by atoms with Crippen LogP contribution in [0.2, 0.25) is 0 Å². The highest BCUT2D eigenvalue weighted by Crippen LogP contribution is 2.25. The molecule has 5 heteroatoms. The fraction of sp³-hybridized carbons (Fsp3) is 0.182. The van der Waals surface area contributed by atoms with E-state index in [1.165, 1.54) is 6.07 Å². The Morgan fingerprint density at radius 1 is 1.44 bits per heavy atom. The van der Waals surface area contributed by atoms with Crippen LogP contribution in [0.1, 0.15) is 17.4 Å². The summed E-state index contributed by atoms with van der Waals surface area (Å²) >= 11 is 3.24. The lowest BCUT2D eigenvalue weighted by Crippen LogP contribution is -2.04. The summed E-state index contributed by atoms with van der Waals surface area (Å²) in [5, 5.41) is 14.0. The molecule has 0 radical (unpaired) electrons. The molecule has 1 N–H and O–H groups in total. The molecule has 84 valence electrons. The molecule has 0 aliphatic rings. The Hall–Kier alpha value is -1.20. The lowest BCUT2D eigenvalue weighted by molar-refractivity contribution is 0.209. The van der Waals surface area contributed by atoms with Gasteiger partial charge in [-0.2, -0.15) is 5.10 Å². The highest BCUT2D eigenvalue weighted by Gasteiger charge is 2.17. The first-order chi connectivity index (χ1) is 7.58. The van der Waals surface area contributed by atoms with Gasteiger partial charge in [0.25, 0.3) is 0 Å². The van der Waals surface area contributed by atoms with Gasteiger partial charge < -0.3 is 5.11 Å². The second-order valence-corrected chi connectivity index (χ2v) is 4.40. The van der Waals surface area contributed by atoms with Gasteiger partial charge in [-0.15, -0.1) is 0 Å². The lowest BCUT2D eigenvalue weighted by Gasteiger charge is -2.09. The Kier molecular flexibility index (Phi) is 3.07. The van der Waals surface area contributed by atoms with Crippen LogP contribution < -0.4 is 0 Å². The van der Waals surface area contributed by atoms with E-state index in [1.807, 2.05) is 0 Å². The van der Waals surface area contributed by atoms with Gasteiger partial charge in [-0.1, -0.05) is 15.9 Å². The molecule has 2 rings (SSSR count). The molecule has 1 aromatic carbocycles. The number of halogens is 2. The van der Waals surface area contributed by atoms with Gasteiger partial charge in [0.1, 0.15) is 11.9 Å². The summed E-state index contributed by atoms with van der Waals surface area (Å²) in [5.41, 5.74) is 0.646. The van der Waals surface area contributed by atoms with Gasteiger partial charge in [0.2, 0.25) is 0 Å². The molecule has 0 aliphatic heterocycles. The number of nitrogens with zero attached hydrogens (tertiary/aromatic N) is 2. The molecule has 0 fully saturated rings. The van der Waals surface area contributed by atoms with E-state index in [9.17, 15) is 9.50 Å². The topological polar surface area (TPSA) is 38.0 Å². The predicted molar refractivity (Wildman–Crippen MR) is 61.4 cm³/mol. The minimum Gasteiger partial charge on any atom is -0.382 e. The zero-order valence-corrected chi connectivity index (χ0v) is 10.1. The number of hydrogen-bond acceptors (Lipinski definition) is 2. The summed E-state index contributed by atoms with van der Waals surface area (Å²) in [6.45, 7) is 0. The fourth-order valence-electron chi connectivity index (χ4n) is 1.46. The van der Waals surface area contributed by atoms with Crippen LogP contribution in [0.5, 0.6) is 0 Å². The first-order valence-corrected chi connectivity index (χ1v) is 5.50. The average Bonchev–Trinajstić information content (AvgIpc) is 2.67. The molecule has 0 bridgehead atoms. The van der Waals surface area contributed by atoms with Crippen LogP contribution in [0.25, 0.3) is 0 Å². The normalized spacial score (nSPS) is 12.8. The van der Waals surface area contributed by atoms with Crippen molar-refractivity contribution in [1.82, 2.24) is 9.78 Å². The number of aliphatic hydroxyl groups excluding tert-OH is 1. The Balaban J connectivity index is 2.40. The summed E-state index contributed by atoms with van der Waals surface area (Å²) in [5.74, 6) is -0.443. The molecule has 1 unspecified atom stereocenters. The van der Waals surface area contributed by atoms with Crippen LogP contribution >= 0.6 is 15.9 Å². The number of benzene rings is 1. The molecule has 3 nitrogen and oxygen atoms in total. The van der Waals surface area contributed by atoms with E-state index >= 15 is 0 Å². The Bertz CT molecular complexity index is 512. The maximum atomic E-state index is 13.5. The minimum atomic E-state index is -1.04. The van der Waals surface area contributed by atoms with Crippen molar-refractivity contribution in [2.75, 3.05) is 0 Å². The second-order valence-electron chi connectivity index (χ2n) is 3.48. The molecular formula is C11H10BrFN2O. The third-order valence-electron chi connectivity index (χ3n) is 2.27. The highest BCUT2D eigenvalue weighted by atomic mass is 79.9. The van der Waals surface area contributed by atoms with Crippen molar-refractivity contribution in [3.8, 4) is 0 Å². The van der Waals surface area contributed by atoms with E-state index in [0.29, 0.717) is 5.69 Å². The molecule has 1 aromatic heterocycles. The predicted octanol–water partition coefficient (Wildman–Crippen LogP) is 2.40. The van der Waals surface area contributed by atoms with Crippen LogP contribution in [0, 0.1) is 5.82 Å². The lowest BCUT2D eigenvalue weighted by atomic mass is 10.1. The van der Waals surface area contributed by atoms with Crippen LogP contribution in [0.3, 0.4) is 0 Å². The first kappa shape index (κ1) is 11.3. The quantitative estimate of drug-likeness (QED) is 0.920. The summed E-state index contributed by atoms with van der Waals surface area (Å²) < 4.78 is 15.8. The van der Waals surface area contributed by atoms with Crippen molar-refractivity contribution < 1.29 is 9.50 Å². The van der Waals surface area contributed by atoms with E-state index in [-0.39, 0.29) is 5.56 Å². The van der Waals surface area contributed by atoms with E-state index in [4.69, 9.17) is 0 Å². The molecule has 0 spiro atoms. The smallest absolute Gasteiger partial charge is 0.129 e. The van der Waals surface area contributed by atoms with Crippen molar-refractivity contribution in [3.05, 3.63) is 52.0 Å². The number of aliphatic hydroxyl groups is 1. The molecule has 1 atom stereocenters. The number of aromatic nitrogens is 2. The SMILES string of the molecule is Cn1ccc(C(O)c2cc(Br)ccc2F)n1. The van der Waals surface area contributed by atoms with Gasteiger partial charge in [0.15, 0.2) is 0 Å². The standard InChI is InChI=1S/C11H10BrFN2O/c1-15-5-4-10(14-15)11(16)8-6-7(12)2-3-9(8)13/h2-6,11,16H,1H3. The van der Waals surface area contributed by atoms with E-state index < -0.39 is 11.9 Å².